The average molecular weight is 642 g/mol. The van der Waals surface area contributed by atoms with Gasteiger partial charge >= 0.3 is 0 Å². The number of rotatable bonds is 5. The third kappa shape index (κ3) is 4.48. The van der Waals surface area contributed by atoms with Crippen LogP contribution < -0.4 is 0 Å². The highest BCUT2D eigenvalue weighted by Crippen LogP contribution is 2.37. The van der Waals surface area contributed by atoms with Crippen LogP contribution in [0.4, 0.5) is 0 Å². The second-order valence-electron chi connectivity index (χ2n) is 12.2. The maximum absolute atomic E-state index is 5.06. The number of nitrogens with zero attached hydrogens (tertiary/aromatic N) is 7. The van der Waals surface area contributed by atoms with Gasteiger partial charge in [-0.3, -0.25) is 9.97 Å². The van der Waals surface area contributed by atoms with E-state index in [1.807, 2.05) is 36.4 Å². The predicted octanol–water partition coefficient (Wildman–Crippen LogP) is 9.86. The molecule has 0 unspecified atom stereocenters. The van der Waals surface area contributed by atoms with Crippen LogP contribution in [-0.2, 0) is 0 Å². The van der Waals surface area contributed by atoms with Crippen molar-refractivity contribution in [3.63, 3.8) is 0 Å². The molecule has 0 radical (unpaired) electrons. The van der Waals surface area contributed by atoms with Crippen LogP contribution in [0.25, 0.3) is 89.4 Å². The van der Waals surface area contributed by atoms with Crippen LogP contribution in [0.15, 0.2) is 164 Å². The van der Waals surface area contributed by atoms with Gasteiger partial charge in [-0.15, -0.1) is 0 Å². The molecule has 234 valence electrons. The van der Waals surface area contributed by atoms with Gasteiger partial charge in [0.05, 0.1) is 22.1 Å². The molecule has 0 N–H and O–H groups in total. The SMILES string of the molecule is c1ccc(-c2nc(-c3cc(-n4c5ccccc5c5ccccc54)cc(-n4c5ccccc5c5ccccc54)c3)nc(-c3ccccn3)n2)nc1. The fraction of sp³-hybridized carbons (Fsp3) is 0. The first-order valence-corrected chi connectivity index (χ1v) is 16.5. The number of pyridine rings is 2. The quantitative estimate of drug-likeness (QED) is 0.187. The molecule has 0 aliphatic carbocycles. The minimum Gasteiger partial charge on any atom is -0.309 e. The van der Waals surface area contributed by atoms with Crippen molar-refractivity contribution in [2.75, 3.05) is 0 Å². The molecule has 7 heteroatoms. The summed E-state index contributed by atoms with van der Waals surface area (Å²) < 4.78 is 4.68. The van der Waals surface area contributed by atoms with Gasteiger partial charge in [-0.1, -0.05) is 84.9 Å². The van der Waals surface area contributed by atoms with Crippen LogP contribution in [-0.4, -0.2) is 34.1 Å². The van der Waals surface area contributed by atoms with E-state index < -0.39 is 0 Å². The van der Waals surface area contributed by atoms with Crippen molar-refractivity contribution in [3.05, 3.63) is 164 Å². The lowest BCUT2D eigenvalue weighted by Gasteiger charge is -2.16. The molecule has 0 aliphatic heterocycles. The van der Waals surface area contributed by atoms with Gasteiger partial charge in [0.15, 0.2) is 17.5 Å². The summed E-state index contributed by atoms with van der Waals surface area (Å²) in [5, 5.41) is 4.79. The van der Waals surface area contributed by atoms with Crippen molar-refractivity contribution < 1.29 is 0 Å². The van der Waals surface area contributed by atoms with Crippen molar-refractivity contribution in [1.82, 2.24) is 34.1 Å². The van der Waals surface area contributed by atoms with Crippen molar-refractivity contribution in [3.8, 4) is 45.8 Å². The zero-order chi connectivity index (χ0) is 33.0. The molecule has 0 bridgehead atoms. The summed E-state index contributed by atoms with van der Waals surface area (Å²) in [6.45, 7) is 0. The van der Waals surface area contributed by atoms with E-state index in [1.165, 1.54) is 21.5 Å². The molecule has 5 aromatic heterocycles. The first-order chi connectivity index (χ1) is 24.8. The Kier molecular flexibility index (Phi) is 6.35. The number of hydrogen-bond donors (Lipinski definition) is 0. The number of hydrogen-bond acceptors (Lipinski definition) is 5. The number of benzene rings is 5. The van der Waals surface area contributed by atoms with Gasteiger partial charge in [0.2, 0.25) is 0 Å². The third-order valence-electron chi connectivity index (χ3n) is 9.26. The molecule has 5 aromatic carbocycles. The molecule has 10 aromatic rings. The Morgan fingerprint density at radius 3 is 1.08 bits per heavy atom. The smallest absolute Gasteiger partial charge is 0.182 e. The summed E-state index contributed by atoms with van der Waals surface area (Å²) >= 11 is 0. The molecule has 0 aliphatic rings. The molecular formula is C43H27N7. The third-order valence-corrected chi connectivity index (χ3v) is 9.26. The fourth-order valence-corrected chi connectivity index (χ4v) is 7.11. The topological polar surface area (TPSA) is 74.3 Å². The lowest BCUT2D eigenvalue weighted by atomic mass is 10.1. The van der Waals surface area contributed by atoms with E-state index >= 15 is 0 Å². The number of aromatic nitrogens is 7. The predicted molar refractivity (Wildman–Crippen MR) is 200 cm³/mol. The van der Waals surface area contributed by atoms with E-state index in [0.717, 1.165) is 39.0 Å². The normalized spacial score (nSPS) is 11.6. The maximum atomic E-state index is 5.06. The standard InChI is InChI=1S/C43H27N7/c1-5-19-37-31(13-1)32-14-2-6-20-38(32)49(37)29-25-28(26-30(27-29)50-39-21-7-3-15-33(39)34-16-4-8-22-40(34)50)41-46-42(35-17-9-11-23-44-35)48-43(47-41)36-18-10-12-24-45-36/h1-27H. The highest BCUT2D eigenvalue weighted by atomic mass is 15.1. The number of para-hydroxylation sites is 4. The van der Waals surface area contributed by atoms with Crippen molar-refractivity contribution in [2.45, 2.75) is 0 Å². The highest BCUT2D eigenvalue weighted by Gasteiger charge is 2.19. The van der Waals surface area contributed by atoms with Crippen molar-refractivity contribution >= 4 is 43.6 Å². The summed E-state index contributed by atoms with van der Waals surface area (Å²) in [7, 11) is 0. The van der Waals surface area contributed by atoms with Crippen molar-refractivity contribution in [1.29, 1.82) is 0 Å². The number of fused-ring (bicyclic) bond motifs is 6. The molecule has 5 heterocycles. The van der Waals surface area contributed by atoms with Gasteiger partial charge in [0, 0.05) is 50.9 Å². The van der Waals surface area contributed by atoms with Crippen LogP contribution in [0.3, 0.4) is 0 Å². The summed E-state index contributed by atoms with van der Waals surface area (Å²) in [6, 6.07) is 52.4. The molecule has 50 heavy (non-hydrogen) atoms. The fourth-order valence-electron chi connectivity index (χ4n) is 7.11. The van der Waals surface area contributed by atoms with Gasteiger partial charge < -0.3 is 9.13 Å². The second kappa shape index (κ2) is 11.3. The van der Waals surface area contributed by atoms with Gasteiger partial charge in [0.25, 0.3) is 0 Å². The molecule has 7 nitrogen and oxygen atoms in total. The van der Waals surface area contributed by atoms with Crippen LogP contribution in [0.5, 0.6) is 0 Å². The summed E-state index contributed by atoms with van der Waals surface area (Å²) in [5.41, 5.74) is 8.65. The van der Waals surface area contributed by atoms with Crippen LogP contribution >= 0.6 is 0 Å². The minimum atomic E-state index is 0.483. The van der Waals surface area contributed by atoms with Gasteiger partial charge in [-0.2, -0.15) is 0 Å². The summed E-state index contributed by atoms with van der Waals surface area (Å²) in [5.74, 6) is 1.50. The Hall–Kier alpha value is -6.99. The Balaban J connectivity index is 1.31. The molecule has 0 amide bonds. The molecule has 0 fully saturated rings. The zero-order valence-electron chi connectivity index (χ0n) is 26.7. The van der Waals surface area contributed by atoms with Gasteiger partial charge in [0.1, 0.15) is 11.4 Å². The van der Waals surface area contributed by atoms with E-state index in [2.05, 4.69) is 134 Å². The second-order valence-corrected chi connectivity index (χ2v) is 12.2. The van der Waals surface area contributed by atoms with E-state index in [4.69, 9.17) is 15.0 Å². The molecule has 0 saturated carbocycles. The van der Waals surface area contributed by atoms with Gasteiger partial charge in [-0.05, 0) is 66.7 Å². The van der Waals surface area contributed by atoms with Crippen LogP contribution in [0.2, 0.25) is 0 Å². The zero-order valence-corrected chi connectivity index (χ0v) is 26.7. The maximum Gasteiger partial charge on any atom is 0.182 e. The average Bonchev–Trinajstić information content (AvgIpc) is 3.71. The monoisotopic (exact) mass is 641 g/mol. The van der Waals surface area contributed by atoms with Crippen molar-refractivity contribution in [2.24, 2.45) is 0 Å². The van der Waals surface area contributed by atoms with Crippen LogP contribution in [0.1, 0.15) is 0 Å². The molecule has 0 saturated heterocycles. The highest BCUT2D eigenvalue weighted by molar-refractivity contribution is 6.10. The van der Waals surface area contributed by atoms with E-state index in [9.17, 15) is 0 Å². The first kappa shape index (κ1) is 28.1. The Morgan fingerprint density at radius 2 is 0.700 bits per heavy atom. The summed E-state index contributed by atoms with van der Waals surface area (Å²) in [4.78, 5) is 24.2. The lowest BCUT2D eigenvalue weighted by Crippen LogP contribution is -2.04. The molecular weight excluding hydrogens is 615 g/mol. The minimum absolute atomic E-state index is 0.483. The van der Waals surface area contributed by atoms with Gasteiger partial charge in [-0.25, -0.2) is 15.0 Å². The van der Waals surface area contributed by atoms with E-state index in [0.29, 0.717) is 28.9 Å². The molecule has 0 atom stereocenters. The van der Waals surface area contributed by atoms with Crippen LogP contribution in [0, 0.1) is 0 Å². The Morgan fingerprint density at radius 1 is 0.340 bits per heavy atom. The molecule has 10 rings (SSSR count). The first-order valence-electron chi connectivity index (χ1n) is 16.5. The summed E-state index contributed by atoms with van der Waals surface area (Å²) in [6.07, 6.45) is 3.50. The Bertz CT molecular complexity index is 2580. The van der Waals surface area contributed by atoms with E-state index in [-0.39, 0.29) is 0 Å². The largest absolute Gasteiger partial charge is 0.309 e. The molecule has 0 spiro atoms. The van der Waals surface area contributed by atoms with E-state index in [1.54, 1.807) is 12.4 Å². The lowest BCUT2D eigenvalue weighted by molar-refractivity contribution is 1.04. The Labute approximate surface area is 286 Å².